The Morgan fingerprint density at radius 1 is 1.09 bits per heavy atom. The molecule has 1 unspecified atom stereocenters. The van der Waals surface area contributed by atoms with Gasteiger partial charge in [0, 0.05) is 18.1 Å². The number of ether oxygens (including phenoxy) is 3. The van der Waals surface area contributed by atoms with E-state index in [1.807, 2.05) is 39.0 Å². The number of hydrogen-bond acceptors (Lipinski definition) is 6. The molecule has 0 bridgehead atoms. The van der Waals surface area contributed by atoms with Gasteiger partial charge in [-0.2, -0.15) is 0 Å². The van der Waals surface area contributed by atoms with Crippen LogP contribution < -0.4 is 23.8 Å². The number of amides is 1. The van der Waals surface area contributed by atoms with Crippen LogP contribution in [0.15, 0.2) is 36.4 Å². The van der Waals surface area contributed by atoms with Crippen molar-refractivity contribution in [3.8, 4) is 17.2 Å². The molecule has 2 aliphatic heterocycles. The summed E-state index contributed by atoms with van der Waals surface area (Å²) in [5.74, 6) is 1.33. The summed E-state index contributed by atoms with van der Waals surface area (Å²) in [5, 5.41) is 3.01. The lowest BCUT2D eigenvalue weighted by molar-refractivity contribution is -0.120. The average molecular weight is 461 g/mol. The van der Waals surface area contributed by atoms with Gasteiger partial charge in [-0.25, -0.2) is 8.42 Å². The molecular formula is C23H28N2O6S. The van der Waals surface area contributed by atoms with E-state index in [4.69, 9.17) is 14.2 Å². The fourth-order valence-corrected chi connectivity index (χ4v) is 4.91. The zero-order chi connectivity index (χ0) is 23.1. The van der Waals surface area contributed by atoms with Gasteiger partial charge in [0.05, 0.1) is 18.0 Å². The number of carbonyl (C=O) groups is 1. The van der Waals surface area contributed by atoms with Gasteiger partial charge in [-0.15, -0.1) is 0 Å². The zero-order valence-corrected chi connectivity index (χ0v) is 19.5. The van der Waals surface area contributed by atoms with Gasteiger partial charge < -0.3 is 19.5 Å². The average Bonchev–Trinajstić information content (AvgIpc) is 2.71. The van der Waals surface area contributed by atoms with Crippen LogP contribution in [0, 0.1) is 6.92 Å². The minimum atomic E-state index is -3.72. The molecule has 2 aliphatic rings. The number of benzene rings is 2. The molecule has 0 fully saturated rings. The standard InChI is InChI=1S/C23H28N2O6S/c1-15-5-7-19-17(11-15)18(13-23(2,3)31-19)24-22(26)14-25(32(4,27)28)16-6-8-20-21(12-16)30-10-9-29-20/h5-8,11-12,18H,9-10,13-14H2,1-4H3,(H,24,26). The summed E-state index contributed by atoms with van der Waals surface area (Å²) in [6.45, 7) is 6.38. The summed E-state index contributed by atoms with van der Waals surface area (Å²) in [7, 11) is -3.72. The molecule has 9 heteroatoms. The van der Waals surface area contributed by atoms with E-state index in [1.54, 1.807) is 18.2 Å². The Hall–Kier alpha value is -2.94. The molecular weight excluding hydrogens is 432 g/mol. The first-order valence-corrected chi connectivity index (χ1v) is 12.3. The molecule has 0 spiro atoms. The molecule has 0 aliphatic carbocycles. The first kappa shape index (κ1) is 22.3. The fraction of sp³-hybridized carbons (Fsp3) is 0.435. The Morgan fingerprint density at radius 3 is 2.50 bits per heavy atom. The van der Waals surface area contributed by atoms with Crippen LogP contribution in [0.4, 0.5) is 5.69 Å². The van der Waals surface area contributed by atoms with E-state index >= 15 is 0 Å². The Labute approximate surface area is 188 Å². The summed E-state index contributed by atoms with van der Waals surface area (Å²) in [4.78, 5) is 13.0. The zero-order valence-electron chi connectivity index (χ0n) is 18.7. The highest BCUT2D eigenvalue weighted by molar-refractivity contribution is 7.92. The van der Waals surface area contributed by atoms with Crippen LogP contribution in [-0.2, 0) is 14.8 Å². The number of aryl methyl sites for hydroxylation is 1. The lowest BCUT2D eigenvalue weighted by Crippen LogP contribution is -2.45. The third-order valence-corrected chi connectivity index (χ3v) is 6.60. The van der Waals surface area contributed by atoms with Gasteiger partial charge in [0.1, 0.15) is 31.1 Å². The van der Waals surface area contributed by atoms with Crippen molar-refractivity contribution >= 4 is 21.6 Å². The monoisotopic (exact) mass is 460 g/mol. The van der Waals surface area contributed by atoms with Gasteiger partial charge >= 0.3 is 0 Å². The second-order valence-corrected chi connectivity index (χ2v) is 10.7. The van der Waals surface area contributed by atoms with Crippen LogP contribution in [0.25, 0.3) is 0 Å². The van der Waals surface area contributed by atoms with Crippen molar-refractivity contribution in [2.45, 2.75) is 38.8 Å². The lowest BCUT2D eigenvalue weighted by atomic mass is 9.89. The maximum Gasteiger partial charge on any atom is 0.241 e. The minimum absolute atomic E-state index is 0.289. The first-order valence-electron chi connectivity index (χ1n) is 10.5. The van der Waals surface area contributed by atoms with E-state index in [0.717, 1.165) is 27.4 Å². The van der Waals surface area contributed by atoms with Crippen LogP contribution in [0.5, 0.6) is 17.2 Å². The number of fused-ring (bicyclic) bond motifs is 2. The van der Waals surface area contributed by atoms with Crippen molar-refractivity contribution in [1.82, 2.24) is 5.32 Å². The molecule has 2 aromatic rings. The Bertz CT molecular complexity index is 1150. The van der Waals surface area contributed by atoms with E-state index in [9.17, 15) is 13.2 Å². The van der Waals surface area contributed by atoms with E-state index in [0.29, 0.717) is 36.8 Å². The largest absolute Gasteiger partial charge is 0.487 e. The molecule has 4 rings (SSSR count). The van der Waals surface area contributed by atoms with Crippen molar-refractivity contribution in [3.05, 3.63) is 47.5 Å². The summed E-state index contributed by atoms with van der Waals surface area (Å²) < 4.78 is 43.3. The van der Waals surface area contributed by atoms with Crippen LogP contribution in [-0.4, -0.2) is 45.9 Å². The van der Waals surface area contributed by atoms with Crippen molar-refractivity contribution in [2.24, 2.45) is 0 Å². The molecule has 172 valence electrons. The molecule has 32 heavy (non-hydrogen) atoms. The van der Waals surface area contributed by atoms with Gasteiger partial charge in [0.25, 0.3) is 0 Å². The molecule has 1 amide bonds. The lowest BCUT2D eigenvalue weighted by Gasteiger charge is -2.38. The molecule has 0 aromatic heterocycles. The third kappa shape index (κ3) is 4.77. The van der Waals surface area contributed by atoms with Crippen LogP contribution in [0.3, 0.4) is 0 Å². The van der Waals surface area contributed by atoms with Gasteiger partial charge in [0.2, 0.25) is 15.9 Å². The number of sulfonamides is 1. The molecule has 2 aromatic carbocycles. The molecule has 2 heterocycles. The minimum Gasteiger partial charge on any atom is -0.487 e. The molecule has 0 radical (unpaired) electrons. The van der Waals surface area contributed by atoms with Gasteiger partial charge in [-0.05, 0) is 39.0 Å². The number of nitrogens with zero attached hydrogens (tertiary/aromatic N) is 1. The SMILES string of the molecule is Cc1ccc2c(c1)C(NC(=O)CN(c1ccc3c(c1)OCCO3)S(C)(=O)=O)CC(C)(C)O2. The van der Waals surface area contributed by atoms with Gasteiger partial charge in [-0.3, -0.25) is 9.10 Å². The molecule has 0 saturated carbocycles. The number of rotatable bonds is 5. The molecule has 1 N–H and O–H groups in total. The maximum atomic E-state index is 13.0. The van der Waals surface area contributed by atoms with Crippen LogP contribution >= 0.6 is 0 Å². The molecule has 8 nitrogen and oxygen atoms in total. The number of hydrogen-bond donors (Lipinski definition) is 1. The predicted octanol–water partition coefficient (Wildman–Crippen LogP) is 2.95. The van der Waals surface area contributed by atoms with E-state index in [-0.39, 0.29) is 12.6 Å². The fourth-order valence-electron chi connectivity index (χ4n) is 4.06. The summed E-state index contributed by atoms with van der Waals surface area (Å²) in [6, 6.07) is 10.4. The smallest absolute Gasteiger partial charge is 0.241 e. The summed E-state index contributed by atoms with van der Waals surface area (Å²) in [5.41, 5.74) is 1.82. The van der Waals surface area contributed by atoms with E-state index in [2.05, 4.69) is 5.32 Å². The normalized spacial score (nSPS) is 18.8. The highest BCUT2D eigenvalue weighted by Gasteiger charge is 2.35. The van der Waals surface area contributed by atoms with Crippen molar-refractivity contribution in [1.29, 1.82) is 0 Å². The van der Waals surface area contributed by atoms with Crippen molar-refractivity contribution in [2.75, 3.05) is 30.3 Å². The van der Waals surface area contributed by atoms with Gasteiger partial charge in [-0.1, -0.05) is 17.7 Å². The van der Waals surface area contributed by atoms with Crippen molar-refractivity contribution < 1.29 is 27.4 Å². The second-order valence-electron chi connectivity index (χ2n) is 8.82. The molecule has 1 atom stereocenters. The van der Waals surface area contributed by atoms with Crippen molar-refractivity contribution in [3.63, 3.8) is 0 Å². The molecule has 0 saturated heterocycles. The Morgan fingerprint density at radius 2 is 1.78 bits per heavy atom. The predicted molar refractivity (Wildman–Crippen MR) is 121 cm³/mol. The Kier molecular flexibility index (Phi) is 5.70. The number of carbonyl (C=O) groups excluding carboxylic acids is 1. The quantitative estimate of drug-likeness (QED) is 0.737. The maximum absolute atomic E-state index is 13.0. The third-order valence-electron chi connectivity index (χ3n) is 5.46. The summed E-state index contributed by atoms with van der Waals surface area (Å²) >= 11 is 0. The highest BCUT2D eigenvalue weighted by Crippen LogP contribution is 2.40. The number of anilines is 1. The second kappa shape index (κ2) is 8.20. The van der Waals surface area contributed by atoms with E-state index < -0.39 is 21.5 Å². The van der Waals surface area contributed by atoms with Crippen LogP contribution in [0.2, 0.25) is 0 Å². The summed E-state index contributed by atoms with van der Waals surface area (Å²) in [6.07, 6.45) is 1.64. The first-order chi connectivity index (χ1) is 15.0. The number of nitrogens with one attached hydrogen (secondary N) is 1. The topological polar surface area (TPSA) is 94.2 Å². The highest BCUT2D eigenvalue weighted by atomic mass is 32.2. The van der Waals surface area contributed by atoms with Gasteiger partial charge in [0.15, 0.2) is 11.5 Å². The Balaban J connectivity index is 1.57. The van der Waals surface area contributed by atoms with Crippen LogP contribution in [0.1, 0.15) is 37.4 Å². The van der Waals surface area contributed by atoms with E-state index in [1.165, 1.54) is 0 Å².